The number of aliphatic hydroxyl groups excluding tert-OH is 1. The topological polar surface area (TPSA) is 78.0 Å². The zero-order valence-corrected chi connectivity index (χ0v) is 11.5. The van der Waals surface area contributed by atoms with Crippen molar-refractivity contribution < 1.29 is 9.50 Å². The number of aromatic nitrogens is 2. The van der Waals surface area contributed by atoms with Gasteiger partial charge in [-0.05, 0) is 17.7 Å². The van der Waals surface area contributed by atoms with Gasteiger partial charge in [0.15, 0.2) is 0 Å². The van der Waals surface area contributed by atoms with Crippen LogP contribution >= 0.6 is 23.2 Å². The van der Waals surface area contributed by atoms with Gasteiger partial charge < -0.3 is 10.4 Å². The first-order chi connectivity index (χ1) is 9.49. The molecule has 2 rings (SSSR count). The standard InChI is InChI=1S/C12H10Cl2FN3O2/c13-7-2-1-6(3-8(7)15)10(19)5-16-9-4-17-18-12(20)11(9)14/h1-4,10,19H,5H2,(H2,16,18,20)/t10-/m0/s1. The first-order valence-corrected chi connectivity index (χ1v) is 6.34. The Hall–Kier alpha value is -1.63. The van der Waals surface area contributed by atoms with E-state index < -0.39 is 17.5 Å². The van der Waals surface area contributed by atoms with E-state index in [0.717, 1.165) is 6.07 Å². The summed E-state index contributed by atoms with van der Waals surface area (Å²) in [5, 5.41) is 18.4. The van der Waals surface area contributed by atoms with Gasteiger partial charge in [-0.25, -0.2) is 9.49 Å². The molecule has 0 fully saturated rings. The van der Waals surface area contributed by atoms with Crippen molar-refractivity contribution in [2.75, 3.05) is 11.9 Å². The van der Waals surface area contributed by atoms with Crippen molar-refractivity contribution in [1.29, 1.82) is 0 Å². The van der Waals surface area contributed by atoms with Crippen LogP contribution in [0.1, 0.15) is 11.7 Å². The molecule has 2 aromatic rings. The number of halogens is 3. The van der Waals surface area contributed by atoms with E-state index in [1.54, 1.807) is 0 Å². The minimum atomic E-state index is -0.989. The predicted molar refractivity (Wildman–Crippen MR) is 74.7 cm³/mol. The van der Waals surface area contributed by atoms with Gasteiger partial charge >= 0.3 is 0 Å². The fourth-order valence-corrected chi connectivity index (χ4v) is 1.83. The molecule has 0 aliphatic rings. The van der Waals surface area contributed by atoms with E-state index in [4.69, 9.17) is 23.2 Å². The molecule has 0 saturated carbocycles. The lowest BCUT2D eigenvalue weighted by molar-refractivity contribution is 0.191. The van der Waals surface area contributed by atoms with Crippen LogP contribution < -0.4 is 10.9 Å². The van der Waals surface area contributed by atoms with E-state index in [2.05, 4.69) is 15.5 Å². The third-order valence-electron chi connectivity index (χ3n) is 2.61. The molecule has 0 aliphatic carbocycles. The molecule has 0 bridgehead atoms. The summed E-state index contributed by atoms with van der Waals surface area (Å²) in [5.41, 5.74) is 0.0981. The fourth-order valence-electron chi connectivity index (χ4n) is 1.55. The molecule has 0 saturated heterocycles. The van der Waals surface area contributed by atoms with Crippen molar-refractivity contribution >= 4 is 28.9 Å². The lowest BCUT2D eigenvalue weighted by Crippen LogP contribution is -2.16. The molecule has 20 heavy (non-hydrogen) atoms. The molecule has 1 heterocycles. The lowest BCUT2D eigenvalue weighted by Gasteiger charge is -2.13. The van der Waals surface area contributed by atoms with E-state index in [1.807, 2.05) is 0 Å². The third-order valence-corrected chi connectivity index (χ3v) is 3.29. The van der Waals surface area contributed by atoms with Crippen LogP contribution in [0, 0.1) is 5.82 Å². The van der Waals surface area contributed by atoms with Crippen LogP contribution in [0.15, 0.2) is 29.2 Å². The number of nitrogens with zero attached hydrogens (tertiary/aromatic N) is 1. The van der Waals surface area contributed by atoms with Crippen LogP contribution in [-0.2, 0) is 0 Å². The van der Waals surface area contributed by atoms with Crippen molar-refractivity contribution in [1.82, 2.24) is 10.2 Å². The molecule has 0 radical (unpaired) electrons. The van der Waals surface area contributed by atoms with Gasteiger partial charge in [0.2, 0.25) is 0 Å². The third kappa shape index (κ3) is 3.27. The van der Waals surface area contributed by atoms with Crippen molar-refractivity contribution in [2.24, 2.45) is 0 Å². The number of nitrogens with one attached hydrogen (secondary N) is 2. The highest BCUT2D eigenvalue weighted by Gasteiger charge is 2.12. The Kier molecular flexibility index (Phi) is 4.59. The van der Waals surface area contributed by atoms with Crippen molar-refractivity contribution in [3.05, 3.63) is 56.2 Å². The Morgan fingerprint density at radius 3 is 2.90 bits per heavy atom. The minimum absolute atomic E-state index is 0.0178. The normalized spacial score (nSPS) is 12.2. The molecule has 0 spiro atoms. The van der Waals surface area contributed by atoms with Crippen LogP contribution in [0.3, 0.4) is 0 Å². The summed E-state index contributed by atoms with van der Waals surface area (Å²) < 4.78 is 13.3. The van der Waals surface area contributed by atoms with E-state index in [0.29, 0.717) is 5.56 Å². The van der Waals surface area contributed by atoms with E-state index in [-0.39, 0.29) is 22.3 Å². The number of H-pyrrole nitrogens is 1. The molecule has 106 valence electrons. The first-order valence-electron chi connectivity index (χ1n) is 5.59. The Labute approximate surface area is 123 Å². The van der Waals surface area contributed by atoms with Crippen LogP contribution in [-0.4, -0.2) is 21.8 Å². The number of hydrogen-bond acceptors (Lipinski definition) is 4. The minimum Gasteiger partial charge on any atom is -0.387 e. The molecule has 5 nitrogen and oxygen atoms in total. The van der Waals surface area contributed by atoms with Crippen molar-refractivity contribution in [2.45, 2.75) is 6.10 Å². The van der Waals surface area contributed by atoms with Crippen LogP contribution in [0.4, 0.5) is 10.1 Å². The zero-order chi connectivity index (χ0) is 14.7. The summed E-state index contributed by atoms with van der Waals surface area (Å²) in [6, 6.07) is 4.01. The summed E-state index contributed by atoms with van der Waals surface area (Å²) in [6.07, 6.45) is 0.330. The second-order valence-corrected chi connectivity index (χ2v) is 4.78. The average molecular weight is 318 g/mol. The molecule has 8 heteroatoms. The van der Waals surface area contributed by atoms with Gasteiger partial charge in [0, 0.05) is 6.54 Å². The highest BCUT2D eigenvalue weighted by molar-refractivity contribution is 6.32. The van der Waals surface area contributed by atoms with Gasteiger partial charge in [0.05, 0.1) is 23.0 Å². The Morgan fingerprint density at radius 2 is 2.20 bits per heavy atom. The SMILES string of the molecule is O=c1[nH]ncc(NC[C@H](O)c2ccc(Cl)c(F)c2)c1Cl. The Bertz CT molecular complexity index is 678. The highest BCUT2D eigenvalue weighted by atomic mass is 35.5. The number of benzene rings is 1. The summed E-state index contributed by atoms with van der Waals surface area (Å²) >= 11 is 11.3. The Balaban J connectivity index is 2.08. The van der Waals surface area contributed by atoms with Crippen LogP contribution in [0.2, 0.25) is 10.0 Å². The van der Waals surface area contributed by atoms with Crippen LogP contribution in [0.5, 0.6) is 0 Å². The van der Waals surface area contributed by atoms with Gasteiger partial charge in [-0.2, -0.15) is 5.10 Å². The summed E-state index contributed by atoms with van der Waals surface area (Å²) in [6.45, 7) is 0.0337. The van der Waals surface area contributed by atoms with Gasteiger partial charge in [-0.3, -0.25) is 4.79 Å². The molecule has 1 atom stereocenters. The molecule has 3 N–H and O–H groups in total. The largest absolute Gasteiger partial charge is 0.387 e. The lowest BCUT2D eigenvalue weighted by atomic mass is 10.1. The van der Waals surface area contributed by atoms with Crippen molar-refractivity contribution in [3.63, 3.8) is 0 Å². The number of anilines is 1. The monoisotopic (exact) mass is 317 g/mol. The quantitative estimate of drug-likeness (QED) is 0.809. The number of rotatable bonds is 4. The van der Waals surface area contributed by atoms with Gasteiger partial charge in [0.1, 0.15) is 10.8 Å². The number of aliphatic hydroxyl groups is 1. The molecular weight excluding hydrogens is 308 g/mol. The van der Waals surface area contributed by atoms with Crippen LogP contribution in [0.25, 0.3) is 0 Å². The molecular formula is C12H10Cl2FN3O2. The predicted octanol–water partition coefficient (Wildman–Crippen LogP) is 2.36. The average Bonchev–Trinajstić information content (AvgIpc) is 2.43. The smallest absolute Gasteiger partial charge is 0.285 e. The molecule has 1 aromatic carbocycles. The molecule has 0 unspecified atom stereocenters. The maximum absolute atomic E-state index is 13.3. The van der Waals surface area contributed by atoms with E-state index >= 15 is 0 Å². The van der Waals surface area contributed by atoms with E-state index in [9.17, 15) is 14.3 Å². The van der Waals surface area contributed by atoms with Gasteiger partial charge in [-0.1, -0.05) is 29.3 Å². The highest BCUT2D eigenvalue weighted by Crippen LogP contribution is 2.21. The second kappa shape index (κ2) is 6.21. The second-order valence-electron chi connectivity index (χ2n) is 4.00. The van der Waals surface area contributed by atoms with E-state index in [1.165, 1.54) is 18.3 Å². The zero-order valence-electron chi connectivity index (χ0n) is 10.0. The molecule has 1 aromatic heterocycles. The van der Waals surface area contributed by atoms with Gasteiger partial charge in [-0.15, -0.1) is 0 Å². The summed E-state index contributed by atoms with van der Waals surface area (Å²) in [7, 11) is 0. The fraction of sp³-hybridized carbons (Fsp3) is 0.167. The molecule has 0 amide bonds. The number of hydrogen-bond donors (Lipinski definition) is 3. The first kappa shape index (κ1) is 14.8. The molecule has 0 aliphatic heterocycles. The maximum Gasteiger partial charge on any atom is 0.285 e. The van der Waals surface area contributed by atoms with Gasteiger partial charge in [0.25, 0.3) is 5.56 Å². The summed E-state index contributed by atoms with van der Waals surface area (Å²) in [4.78, 5) is 11.2. The Morgan fingerprint density at radius 1 is 1.45 bits per heavy atom. The number of aromatic amines is 1. The van der Waals surface area contributed by atoms with Crippen molar-refractivity contribution in [3.8, 4) is 0 Å². The summed E-state index contributed by atoms with van der Waals surface area (Å²) in [5.74, 6) is -0.612. The maximum atomic E-state index is 13.3.